The Balaban J connectivity index is 1.41. The summed E-state index contributed by atoms with van der Waals surface area (Å²) >= 11 is 6.73. The van der Waals surface area contributed by atoms with Gasteiger partial charge in [-0.15, -0.1) is 0 Å². The number of hydrogen-bond acceptors (Lipinski definition) is 6. The minimum Gasteiger partial charge on any atom is -0.488 e. The number of nitrogens with two attached hydrogens (primary N) is 1. The van der Waals surface area contributed by atoms with Crippen LogP contribution in [0.2, 0.25) is 5.02 Å². The summed E-state index contributed by atoms with van der Waals surface area (Å²) in [5.41, 5.74) is 11.4. The molecule has 0 saturated carbocycles. The van der Waals surface area contributed by atoms with Crippen molar-refractivity contribution in [1.82, 2.24) is 10.3 Å². The van der Waals surface area contributed by atoms with Gasteiger partial charge in [-0.25, -0.2) is 4.39 Å². The van der Waals surface area contributed by atoms with Crippen molar-refractivity contribution in [3.8, 4) is 28.7 Å². The van der Waals surface area contributed by atoms with E-state index >= 15 is 0 Å². The second-order valence-corrected chi connectivity index (χ2v) is 10.1. The fourth-order valence-corrected chi connectivity index (χ4v) is 5.19. The van der Waals surface area contributed by atoms with E-state index in [4.69, 9.17) is 26.8 Å². The molecule has 5 rings (SSSR count). The number of pyridine rings is 1. The van der Waals surface area contributed by atoms with E-state index in [0.29, 0.717) is 46.6 Å². The molecule has 1 heterocycles. The molecule has 0 amide bonds. The van der Waals surface area contributed by atoms with Crippen molar-refractivity contribution in [3.63, 3.8) is 0 Å². The molecule has 7 nitrogen and oxygen atoms in total. The van der Waals surface area contributed by atoms with E-state index in [9.17, 15) is 9.65 Å². The number of nitrogens with one attached hydrogen (secondary N) is 1. The zero-order valence-corrected chi connectivity index (χ0v) is 23.3. The highest BCUT2D eigenvalue weighted by Gasteiger charge is 2.28. The Morgan fingerprint density at radius 2 is 1.98 bits per heavy atom. The van der Waals surface area contributed by atoms with Crippen molar-refractivity contribution in [1.29, 1.82) is 5.26 Å². The molecule has 0 aliphatic heterocycles. The van der Waals surface area contributed by atoms with E-state index in [2.05, 4.69) is 21.4 Å². The van der Waals surface area contributed by atoms with Crippen LogP contribution >= 0.6 is 11.6 Å². The standard InChI is InChI=1S/C32H29ClFN5O2/c1-37-32(36)18-39-17-22-12-27(33)31(13-30(22)40-19-21-11-20(14-35)15-38-16-21)41-29-10-9-24-23(6-4-7-26(24)29)25-5-2-3-8-28(25)34/h2-8,11-13,15-16,29,39H,9-10,17-19H2,1H3,(H2,36,37)/t29-/m0/s1. The predicted molar refractivity (Wildman–Crippen MR) is 158 cm³/mol. The van der Waals surface area contributed by atoms with Crippen LogP contribution < -0.4 is 20.5 Å². The molecular formula is C32H29ClFN5O2. The molecule has 0 spiro atoms. The van der Waals surface area contributed by atoms with E-state index in [1.54, 1.807) is 37.5 Å². The third-order valence-electron chi connectivity index (χ3n) is 6.99. The Hall–Kier alpha value is -4.45. The van der Waals surface area contributed by atoms with Crippen molar-refractivity contribution in [2.45, 2.75) is 32.1 Å². The van der Waals surface area contributed by atoms with E-state index in [-0.39, 0.29) is 18.5 Å². The number of rotatable bonds is 10. The summed E-state index contributed by atoms with van der Waals surface area (Å²) in [4.78, 5) is 8.09. The van der Waals surface area contributed by atoms with Crippen LogP contribution in [-0.4, -0.2) is 24.4 Å². The van der Waals surface area contributed by atoms with Crippen LogP contribution in [0.4, 0.5) is 4.39 Å². The van der Waals surface area contributed by atoms with Crippen molar-refractivity contribution in [2.24, 2.45) is 10.7 Å². The van der Waals surface area contributed by atoms with Gasteiger partial charge in [-0.05, 0) is 47.7 Å². The summed E-state index contributed by atoms with van der Waals surface area (Å²) in [7, 11) is 1.64. The van der Waals surface area contributed by atoms with Crippen LogP contribution in [0, 0.1) is 17.1 Å². The van der Waals surface area contributed by atoms with Gasteiger partial charge in [-0.1, -0.05) is 48.0 Å². The summed E-state index contributed by atoms with van der Waals surface area (Å²) < 4.78 is 27.3. The van der Waals surface area contributed by atoms with Gasteiger partial charge >= 0.3 is 0 Å². The highest BCUT2D eigenvalue weighted by atomic mass is 35.5. The molecule has 0 fully saturated rings. The molecule has 0 saturated heterocycles. The molecular weight excluding hydrogens is 541 g/mol. The van der Waals surface area contributed by atoms with Gasteiger partial charge in [0.2, 0.25) is 0 Å². The number of benzene rings is 3. The van der Waals surface area contributed by atoms with Crippen LogP contribution in [0.3, 0.4) is 0 Å². The third kappa shape index (κ3) is 6.49. The average Bonchev–Trinajstić information content (AvgIpc) is 3.41. The number of aromatic nitrogens is 1. The van der Waals surface area contributed by atoms with E-state index in [1.807, 2.05) is 30.3 Å². The number of amidine groups is 1. The number of nitriles is 1. The Bertz CT molecular complexity index is 1640. The lowest BCUT2D eigenvalue weighted by Crippen LogP contribution is -2.28. The van der Waals surface area contributed by atoms with Crippen LogP contribution in [0.1, 0.15) is 40.3 Å². The molecule has 1 aromatic heterocycles. The zero-order chi connectivity index (χ0) is 28.8. The van der Waals surface area contributed by atoms with Gasteiger partial charge in [0, 0.05) is 48.7 Å². The molecule has 0 bridgehead atoms. The number of hydrogen-bond donors (Lipinski definition) is 2. The molecule has 3 N–H and O–H groups in total. The SMILES string of the molecule is CN=C(N)CNCc1cc(Cl)c(O[C@H]2CCc3c(-c4ccccc4F)cccc32)cc1OCc1cncc(C#N)c1. The maximum Gasteiger partial charge on any atom is 0.142 e. The fraction of sp³-hybridized carbons (Fsp3) is 0.219. The Kier molecular flexibility index (Phi) is 8.78. The number of aliphatic imine (C=N–C) groups is 1. The summed E-state index contributed by atoms with van der Waals surface area (Å²) in [6.45, 7) is 1.04. The summed E-state index contributed by atoms with van der Waals surface area (Å²) in [6.07, 6.45) is 4.41. The average molecular weight is 570 g/mol. The maximum absolute atomic E-state index is 14.6. The maximum atomic E-state index is 14.6. The van der Waals surface area contributed by atoms with Crippen molar-refractivity contribution < 1.29 is 13.9 Å². The normalized spacial score (nSPS) is 14.4. The molecule has 4 aromatic rings. The lowest BCUT2D eigenvalue weighted by Gasteiger charge is -2.20. The Morgan fingerprint density at radius 1 is 1.15 bits per heavy atom. The van der Waals surface area contributed by atoms with Gasteiger partial charge < -0.3 is 20.5 Å². The van der Waals surface area contributed by atoms with Crippen molar-refractivity contribution in [3.05, 3.63) is 112 Å². The molecule has 1 aliphatic carbocycles. The monoisotopic (exact) mass is 569 g/mol. The molecule has 1 atom stereocenters. The van der Waals surface area contributed by atoms with Crippen molar-refractivity contribution >= 4 is 17.4 Å². The number of ether oxygens (including phenoxy) is 2. The first-order chi connectivity index (χ1) is 20.0. The molecule has 0 unspecified atom stereocenters. The quantitative estimate of drug-likeness (QED) is 0.176. The first kappa shape index (κ1) is 28.1. The minimum atomic E-state index is -0.248. The number of fused-ring (bicyclic) bond motifs is 1. The number of halogens is 2. The Labute approximate surface area is 243 Å². The van der Waals surface area contributed by atoms with Crippen LogP contribution in [0.15, 0.2) is 78.0 Å². The second-order valence-electron chi connectivity index (χ2n) is 9.69. The lowest BCUT2D eigenvalue weighted by molar-refractivity contribution is 0.206. The molecule has 3 aromatic carbocycles. The number of nitrogens with zero attached hydrogens (tertiary/aromatic N) is 3. The summed E-state index contributed by atoms with van der Waals surface area (Å²) in [6, 6.07) is 20.1. The highest BCUT2D eigenvalue weighted by molar-refractivity contribution is 6.32. The van der Waals surface area contributed by atoms with Gasteiger partial charge in [0.15, 0.2) is 0 Å². The molecule has 41 heavy (non-hydrogen) atoms. The summed E-state index contributed by atoms with van der Waals surface area (Å²) in [5.74, 6) is 1.29. The summed E-state index contributed by atoms with van der Waals surface area (Å²) in [5, 5.41) is 12.9. The van der Waals surface area contributed by atoms with Gasteiger partial charge in [0.25, 0.3) is 0 Å². The third-order valence-corrected chi connectivity index (χ3v) is 7.29. The van der Waals surface area contributed by atoms with E-state index in [1.165, 1.54) is 12.3 Å². The van der Waals surface area contributed by atoms with E-state index in [0.717, 1.165) is 40.7 Å². The molecule has 0 radical (unpaired) electrons. The molecule has 9 heteroatoms. The van der Waals surface area contributed by atoms with Gasteiger partial charge in [-0.2, -0.15) is 5.26 Å². The van der Waals surface area contributed by atoms with Crippen LogP contribution in [0.5, 0.6) is 11.5 Å². The largest absolute Gasteiger partial charge is 0.488 e. The van der Waals surface area contributed by atoms with Gasteiger partial charge in [-0.3, -0.25) is 9.98 Å². The fourth-order valence-electron chi connectivity index (χ4n) is 4.96. The minimum absolute atomic E-state index is 0.202. The lowest BCUT2D eigenvalue weighted by atomic mass is 9.96. The van der Waals surface area contributed by atoms with Crippen LogP contribution in [0.25, 0.3) is 11.1 Å². The molecule has 1 aliphatic rings. The van der Waals surface area contributed by atoms with Crippen LogP contribution in [-0.2, 0) is 19.6 Å². The van der Waals surface area contributed by atoms with Gasteiger partial charge in [0.1, 0.15) is 41.9 Å². The first-order valence-corrected chi connectivity index (χ1v) is 13.6. The smallest absolute Gasteiger partial charge is 0.142 e. The molecule has 208 valence electrons. The second kappa shape index (κ2) is 12.8. The predicted octanol–water partition coefficient (Wildman–Crippen LogP) is 6.13. The Morgan fingerprint density at radius 3 is 2.78 bits per heavy atom. The first-order valence-electron chi connectivity index (χ1n) is 13.2. The zero-order valence-electron chi connectivity index (χ0n) is 22.5. The van der Waals surface area contributed by atoms with E-state index < -0.39 is 0 Å². The highest BCUT2D eigenvalue weighted by Crippen LogP contribution is 2.43. The topological polar surface area (TPSA) is 106 Å². The van der Waals surface area contributed by atoms with Crippen molar-refractivity contribution in [2.75, 3.05) is 13.6 Å². The van der Waals surface area contributed by atoms with Gasteiger partial charge in [0.05, 0.1) is 17.1 Å².